The molecule has 1 heterocycles. The average molecular weight is 434 g/mol. The number of carbonyl (C=O) groups is 2. The predicted octanol–water partition coefficient (Wildman–Crippen LogP) is 3.08. The number of rotatable bonds is 9. The van der Waals surface area contributed by atoms with Crippen LogP contribution in [0.2, 0.25) is 0 Å². The number of nitrogens with zero attached hydrogens (tertiary/aromatic N) is 1. The maximum absolute atomic E-state index is 12.4. The van der Waals surface area contributed by atoms with E-state index in [9.17, 15) is 14.7 Å². The van der Waals surface area contributed by atoms with E-state index >= 15 is 0 Å². The van der Waals surface area contributed by atoms with Crippen molar-refractivity contribution in [3.63, 3.8) is 0 Å². The maximum Gasteiger partial charge on any atom is 0.407 e. The zero-order chi connectivity index (χ0) is 22.8. The lowest BCUT2D eigenvalue weighted by atomic mass is 10.0. The molecule has 166 valence electrons. The number of hydrogen-bond acceptors (Lipinski definition) is 5. The van der Waals surface area contributed by atoms with Crippen LogP contribution in [-0.2, 0) is 22.6 Å². The molecule has 3 N–H and O–H groups in total. The molecular weight excluding hydrogens is 406 g/mol. The van der Waals surface area contributed by atoms with Crippen molar-refractivity contribution in [2.24, 2.45) is 0 Å². The number of benzene rings is 2. The van der Waals surface area contributed by atoms with E-state index in [1.807, 2.05) is 72.8 Å². The van der Waals surface area contributed by atoms with Crippen molar-refractivity contribution in [1.82, 2.24) is 15.6 Å². The largest absolute Gasteiger partial charge is 0.445 e. The second kappa shape index (κ2) is 11.6. The third-order valence-corrected chi connectivity index (χ3v) is 4.87. The number of alkyl carbamates (subject to hydrolysis) is 1. The van der Waals surface area contributed by atoms with Gasteiger partial charge in [0, 0.05) is 18.3 Å². The van der Waals surface area contributed by atoms with Crippen LogP contribution in [0.5, 0.6) is 0 Å². The van der Waals surface area contributed by atoms with E-state index in [0.29, 0.717) is 0 Å². The first kappa shape index (κ1) is 23.0. The quantitative estimate of drug-likeness (QED) is 0.482. The molecule has 0 saturated carbocycles. The third kappa shape index (κ3) is 7.21. The SMILES string of the molecule is CC(O)[C@H](CNC(=O)Cc1cccc(-c2ccccn2)c1)NC(=O)OCc1ccccc1. The van der Waals surface area contributed by atoms with Gasteiger partial charge in [-0.05, 0) is 36.2 Å². The van der Waals surface area contributed by atoms with Crippen molar-refractivity contribution >= 4 is 12.0 Å². The Balaban J connectivity index is 1.49. The molecule has 0 aliphatic heterocycles. The van der Waals surface area contributed by atoms with Gasteiger partial charge >= 0.3 is 6.09 Å². The lowest BCUT2D eigenvalue weighted by Gasteiger charge is -2.21. The number of ether oxygens (including phenoxy) is 1. The Morgan fingerprint density at radius 1 is 1.00 bits per heavy atom. The van der Waals surface area contributed by atoms with E-state index in [1.54, 1.807) is 13.1 Å². The highest BCUT2D eigenvalue weighted by molar-refractivity contribution is 5.79. The van der Waals surface area contributed by atoms with Crippen LogP contribution in [0.4, 0.5) is 4.79 Å². The topological polar surface area (TPSA) is 101 Å². The van der Waals surface area contributed by atoms with E-state index in [0.717, 1.165) is 22.4 Å². The van der Waals surface area contributed by atoms with Crippen molar-refractivity contribution < 1.29 is 19.4 Å². The second-order valence-electron chi connectivity index (χ2n) is 7.45. The molecule has 0 spiro atoms. The summed E-state index contributed by atoms with van der Waals surface area (Å²) < 4.78 is 5.19. The van der Waals surface area contributed by atoms with Crippen molar-refractivity contribution in [2.75, 3.05) is 6.54 Å². The average Bonchev–Trinajstić information content (AvgIpc) is 2.81. The normalized spacial score (nSPS) is 12.4. The second-order valence-corrected chi connectivity index (χ2v) is 7.45. The number of pyridine rings is 1. The Morgan fingerprint density at radius 2 is 1.75 bits per heavy atom. The number of hydrogen-bond donors (Lipinski definition) is 3. The molecule has 0 fully saturated rings. The summed E-state index contributed by atoms with van der Waals surface area (Å²) in [7, 11) is 0. The molecule has 32 heavy (non-hydrogen) atoms. The van der Waals surface area contributed by atoms with Crippen LogP contribution in [0.25, 0.3) is 11.3 Å². The Hall–Kier alpha value is -3.71. The van der Waals surface area contributed by atoms with Crippen LogP contribution in [0, 0.1) is 0 Å². The molecule has 0 bridgehead atoms. The molecule has 3 aromatic rings. The Kier molecular flexibility index (Phi) is 8.34. The number of aromatic nitrogens is 1. The molecule has 7 heteroatoms. The molecule has 0 saturated heterocycles. The summed E-state index contributed by atoms with van der Waals surface area (Å²) in [5.41, 5.74) is 3.47. The first-order valence-electron chi connectivity index (χ1n) is 10.4. The summed E-state index contributed by atoms with van der Waals surface area (Å²) in [6.07, 6.45) is 0.373. The standard InChI is InChI=1S/C25H27N3O4/c1-18(29)23(28-25(31)32-17-19-8-3-2-4-9-19)16-27-24(30)15-20-10-7-11-21(14-20)22-12-5-6-13-26-22/h2-14,18,23,29H,15-17H2,1H3,(H,27,30)(H,28,31)/t18?,23-/m0/s1. The Morgan fingerprint density at radius 3 is 2.47 bits per heavy atom. The molecule has 7 nitrogen and oxygen atoms in total. The summed E-state index contributed by atoms with van der Waals surface area (Å²) >= 11 is 0. The molecule has 1 aromatic heterocycles. The molecular formula is C25H27N3O4. The van der Waals surface area contributed by atoms with Gasteiger partial charge < -0.3 is 20.5 Å². The highest BCUT2D eigenvalue weighted by Gasteiger charge is 2.19. The predicted molar refractivity (Wildman–Crippen MR) is 122 cm³/mol. The third-order valence-electron chi connectivity index (χ3n) is 4.87. The number of aliphatic hydroxyl groups excluding tert-OH is 1. The van der Waals surface area contributed by atoms with Crippen LogP contribution in [0.3, 0.4) is 0 Å². The zero-order valence-corrected chi connectivity index (χ0v) is 17.9. The first-order chi connectivity index (χ1) is 15.5. The molecule has 0 aliphatic carbocycles. The van der Waals surface area contributed by atoms with Gasteiger partial charge in [0.2, 0.25) is 5.91 Å². The maximum atomic E-state index is 12.4. The smallest absolute Gasteiger partial charge is 0.407 e. The van der Waals surface area contributed by atoms with E-state index in [1.165, 1.54) is 0 Å². The summed E-state index contributed by atoms with van der Waals surface area (Å²) in [5, 5.41) is 15.4. The van der Waals surface area contributed by atoms with E-state index in [-0.39, 0.29) is 25.5 Å². The van der Waals surface area contributed by atoms with Crippen LogP contribution >= 0.6 is 0 Å². The number of amides is 2. The summed E-state index contributed by atoms with van der Waals surface area (Å²) in [4.78, 5) is 28.8. The molecule has 2 amide bonds. The minimum Gasteiger partial charge on any atom is -0.445 e. The van der Waals surface area contributed by atoms with Gasteiger partial charge in [0.05, 0.1) is 24.3 Å². The van der Waals surface area contributed by atoms with Gasteiger partial charge in [-0.2, -0.15) is 0 Å². The fraction of sp³-hybridized carbons (Fsp3) is 0.240. The summed E-state index contributed by atoms with van der Waals surface area (Å²) in [6.45, 7) is 1.75. The van der Waals surface area contributed by atoms with E-state index < -0.39 is 18.2 Å². The minimum absolute atomic E-state index is 0.0802. The number of carbonyl (C=O) groups excluding carboxylic acids is 2. The van der Waals surface area contributed by atoms with Gasteiger partial charge in [0.1, 0.15) is 6.61 Å². The lowest BCUT2D eigenvalue weighted by Crippen LogP contribution is -2.49. The van der Waals surface area contributed by atoms with E-state index in [4.69, 9.17) is 4.74 Å². The lowest BCUT2D eigenvalue weighted by molar-refractivity contribution is -0.120. The van der Waals surface area contributed by atoms with Crippen LogP contribution in [0.1, 0.15) is 18.1 Å². The molecule has 0 aliphatic rings. The van der Waals surface area contributed by atoms with Crippen LogP contribution < -0.4 is 10.6 Å². The van der Waals surface area contributed by atoms with Gasteiger partial charge in [-0.15, -0.1) is 0 Å². The van der Waals surface area contributed by atoms with Gasteiger partial charge in [-0.1, -0.05) is 54.6 Å². The molecule has 1 unspecified atom stereocenters. The van der Waals surface area contributed by atoms with Crippen LogP contribution in [-0.4, -0.2) is 40.8 Å². The minimum atomic E-state index is -0.868. The summed E-state index contributed by atoms with van der Waals surface area (Å²) in [6, 6.07) is 21.9. The van der Waals surface area contributed by atoms with Crippen molar-refractivity contribution in [1.29, 1.82) is 0 Å². The Bertz CT molecular complexity index is 1010. The van der Waals surface area contributed by atoms with Crippen molar-refractivity contribution in [2.45, 2.75) is 32.1 Å². The van der Waals surface area contributed by atoms with Gasteiger partial charge in [0.25, 0.3) is 0 Å². The van der Waals surface area contributed by atoms with E-state index in [2.05, 4.69) is 15.6 Å². The van der Waals surface area contributed by atoms with Crippen molar-refractivity contribution in [3.05, 3.63) is 90.1 Å². The molecule has 0 radical (unpaired) electrons. The van der Waals surface area contributed by atoms with Gasteiger partial charge in [-0.25, -0.2) is 4.79 Å². The zero-order valence-electron chi connectivity index (χ0n) is 17.9. The molecule has 3 rings (SSSR count). The number of aliphatic hydroxyl groups is 1. The Labute approximate surface area is 187 Å². The monoisotopic (exact) mass is 433 g/mol. The van der Waals surface area contributed by atoms with Crippen LogP contribution in [0.15, 0.2) is 79.0 Å². The van der Waals surface area contributed by atoms with Crippen molar-refractivity contribution in [3.8, 4) is 11.3 Å². The van der Waals surface area contributed by atoms with Gasteiger partial charge in [0.15, 0.2) is 0 Å². The molecule has 2 atom stereocenters. The number of nitrogens with one attached hydrogen (secondary N) is 2. The first-order valence-corrected chi connectivity index (χ1v) is 10.4. The summed E-state index contributed by atoms with van der Waals surface area (Å²) in [5.74, 6) is -0.215. The fourth-order valence-electron chi connectivity index (χ4n) is 3.10. The highest BCUT2D eigenvalue weighted by atomic mass is 16.5. The fourth-order valence-corrected chi connectivity index (χ4v) is 3.10. The van der Waals surface area contributed by atoms with Gasteiger partial charge in [-0.3, -0.25) is 9.78 Å². The molecule has 2 aromatic carbocycles. The highest BCUT2D eigenvalue weighted by Crippen LogP contribution is 2.18.